The molecule has 6 bridgehead atoms. The molecule has 4 aromatic rings. The zero-order valence-corrected chi connectivity index (χ0v) is 65.5. The number of carbonyl (C=O) groups is 3. The Kier molecular flexibility index (Phi) is 27.3. The SMILES string of the molecule is CCOC(=O)N1C2CCC1CC(N1CCN(c3c(F)cccc3C#N)CC1)C2.CCOC(=O)N1C2CCC1CC(N1CCN(c3ccc(C#N)cc3F)CC1)C2.CCOC(=O)N1C2CCC1CC(N1CCN(c3ccccc3C#N)CC1)C2.Cc1cc(Cl)c(N2CCN(C3CCCCCC3)CC2)cc1S(C)(=O)=O. The molecule has 584 valence electrons. The molecule has 4 aromatic carbocycles. The lowest BCUT2D eigenvalue weighted by atomic mass is 9.95. The van der Waals surface area contributed by atoms with E-state index < -0.39 is 9.84 Å². The number of hydrogen-bond donors (Lipinski definition) is 0. The zero-order valence-electron chi connectivity index (χ0n) is 63.9. The van der Waals surface area contributed by atoms with E-state index >= 15 is 0 Å². The van der Waals surface area contributed by atoms with Crippen molar-refractivity contribution in [1.29, 1.82) is 15.8 Å². The Hall–Kier alpha value is -7.70. The molecule has 0 spiro atoms. The number of carbonyl (C=O) groups excluding carboxylic acids is 3. The van der Waals surface area contributed by atoms with Gasteiger partial charge in [0.2, 0.25) is 0 Å². The number of benzene rings is 4. The molecule has 26 heteroatoms. The Labute approximate surface area is 643 Å². The molecule has 108 heavy (non-hydrogen) atoms. The van der Waals surface area contributed by atoms with E-state index in [4.69, 9.17) is 31.1 Å². The van der Waals surface area contributed by atoms with Gasteiger partial charge in [-0.25, -0.2) is 31.6 Å². The zero-order chi connectivity index (χ0) is 76.2. The molecule has 11 fully saturated rings. The van der Waals surface area contributed by atoms with Gasteiger partial charge < -0.3 is 48.5 Å². The van der Waals surface area contributed by atoms with Crippen molar-refractivity contribution in [3.8, 4) is 18.2 Å². The number of fused-ring (bicyclic) bond motifs is 6. The van der Waals surface area contributed by atoms with Gasteiger partial charge in [0.15, 0.2) is 9.84 Å². The van der Waals surface area contributed by atoms with Crippen molar-refractivity contribution in [3.05, 3.63) is 112 Å². The molecular weight excluding hydrogens is 1410 g/mol. The number of nitrogens with zero attached hydrogens (tertiary/aromatic N) is 14. The minimum absolute atomic E-state index is 0.124. The molecule has 1 aliphatic carbocycles. The Bertz CT molecular complexity index is 3950. The van der Waals surface area contributed by atoms with Gasteiger partial charge in [-0.15, -0.1) is 0 Å². The summed E-state index contributed by atoms with van der Waals surface area (Å²) in [6, 6.07) is 31.2. The minimum atomic E-state index is -3.24. The molecule has 15 rings (SSSR count). The van der Waals surface area contributed by atoms with E-state index in [0.29, 0.717) is 101 Å². The topological polar surface area (TPSA) is 220 Å². The van der Waals surface area contributed by atoms with Crippen molar-refractivity contribution < 1.29 is 45.8 Å². The van der Waals surface area contributed by atoms with Crippen molar-refractivity contribution in [2.45, 2.75) is 209 Å². The summed E-state index contributed by atoms with van der Waals surface area (Å²) in [4.78, 5) is 61.9. The summed E-state index contributed by atoms with van der Waals surface area (Å²) in [6.07, 6.45) is 21.5. The quantitative estimate of drug-likeness (QED) is 0.0950. The number of piperazine rings is 4. The monoisotopic (exact) mass is 1520 g/mol. The minimum Gasteiger partial charge on any atom is -0.450 e. The van der Waals surface area contributed by atoms with E-state index in [9.17, 15) is 42.1 Å². The van der Waals surface area contributed by atoms with Gasteiger partial charge >= 0.3 is 18.3 Å². The summed E-state index contributed by atoms with van der Waals surface area (Å²) in [5.41, 5.74) is 5.14. The maximum absolute atomic E-state index is 14.3. The third kappa shape index (κ3) is 18.7. The first-order valence-electron chi connectivity index (χ1n) is 40.0. The second-order valence-electron chi connectivity index (χ2n) is 31.1. The summed E-state index contributed by atoms with van der Waals surface area (Å²) in [6.45, 7) is 22.9. The molecule has 0 N–H and O–H groups in total. The number of ether oxygens (including phenoxy) is 3. The first-order valence-corrected chi connectivity index (χ1v) is 42.3. The third-order valence-electron chi connectivity index (χ3n) is 24.9. The predicted molar refractivity (Wildman–Crippen MR) is 415 cm³/mol. The second kappa shape index (κ2) is 36.9. The number of hydrogen-bond acceptors (Lipinski definition) is 19. The predicted octanol–water partition coefficient (Wildman–Crippen LogP) is 12.7. The van der Waals surface area contributed by atoms with Crippen molar-refractivity contribution in [1.82, 2.24) is 34.3 Å². The lowest BCUT2D eigenvalue weighted by Crippen LogP contribution is -2.56. The van der Waals surface area contributed by atoms with Crippen LogP contribution < -0.4 is 19.6 Å². The highest BCUT2D eigenvalue weighted by Gasteiger charge is 2.49. The summed E-state index contributed by atoms with van der Waals surface area (Å²) >= 11 is 6.44. The fourth-order valence-corrected chi connectivity index (χ4v) is 20.9. The van der Waals surface area contributed by atoms with Gasteiger partial charge in [0, 0.05) is 171 Å². The molecule has 10 heterocycles. The average Bonchev–Trinajstić information content (AvgIpc) is 1.60. The molecule has 6 unspecified atom stereocenters. The van der Waals surface area contributed by atoms with Gasteiger partial charge in [0.05, 0.1) is 75.2 Å². The molecule has 22 nitrogen and oxygen atoms in total. The van der Waals surface area contributed by atoms with Gasteiger partial charge in [0.25, 0.3) is 0 Å². The molecule has 11 aliphatic rings. The number of halogens is 3. The molecule has 0 aromatic heterocycles. The number of sulfone groups is 1. The lowest BCUT2D eigenvalue weighted by Gasteiger charge is -2.46. The van der Waals surface area contributed by atoms with Gasteiger partial charge in [-0.1, -0.05) is 55.5 Å². The first kappa shape index (κ1) is 79.8. The van der Waals surface area contributed by atoms with Gasteiger partial charge in [0.1, 0.15) is 23.8 Å². The van der Waals surface area contributed by atoms with Crippen LogP contribution in [0.2, 0.25) is 5.02 Å². The molecule has 6 atom stereocenters. The summed E-state index contributed by atoms with van der Waals surface area (Å²) in [7, 11) is -3.24. The third-order valence-corrected chi connectivity index (χ3v) is 26.4. The Morgan fingerprint density at radius 3 is 1.22 bits per heavy atom. The maximum Gasteiger partial charge on any atom is 0.410 e. The van der Waals surface area contributed by atoms with Crippen molar-refractivity contribution in [3.63, 3.8) is 0 Å². The van der Waals surface area contributed by atoms with Crippen molar-refractivity contribution in [2.24, 2.45) is 0 Å². The fraction of sp³-hybridized carbons (Fsp3) is 0.634. The normalized spacial score (nSPS) is 26.2. The lowest BCUT2D eigenvalue weighted by molar-refractivity contribution is 0.0390. The van der Waals surface area contributed by atoms with E-state index in [-0.39, 0.29) is 54.1 Å². The summed E-state index contributed by atoms with van der Waals surface area (Å²) in [5, 5.41) is 28.2. The number of nitriles is 3. The number of para-hydroxylation sites is 2. The highest BCUT2D eigenvalue weighted by Crippen LogP contribution is 2.43. The van der Waals surface area contributed by atoms with Gasteiger partial charge in [-0.2, -0.15) is 15.8 Å². The van der Waals surface area contributed by atoms with E-state index in [1.807, 2.05) is 70.7 Å². The van der Waals surface area contributed by atoms with Crippen LogP contribution in [0.15, 0.2) is 77.7 Å². The average molecular weight is 1530 g/mol. The van der Waals surface area contributed by atoms with Crippen LogP contribution >= 0.6 is 11.6 Å². The fourth-order valence-electron chi connectivity index (χ4n) is 19.6. The van der Waals surface area contributed by atoms with E-state index in [1.54, 1.807) is 43.3 Å². The smallest absolute Gasteiger partial charge is 0.410 e. The first-order chi connectivity index (χ1) is 52.3. The number of piperidine rings is 3. The Morgan fingerprint density at radius 2 is 0.824 bits per heavy atom. The van der Waals surface area contributed by atoms with Crippen molar-refractivity contribution >= 4 is 62.5 Å². The highest BCUT2D eigenvalue weighted by atomic mass is 35.5. The molecule has 10 aliphatic heterocycles. The standard InChI is InChI=1S/2C21H27FN4O2.C21H28N4O2.C19H29ClN2O2S/c1-2-28-21(27)26-16-4-5-17(26)13-18(12-16)24-7-9-25(10-8-24)20-6-3-15(14-23)11-19(20)22;1-2-28-21(27)26-16-6-7-17(26)13-18(12-16)24-8-10-25(11-9-24)20-15(14-23)4-3-5-19(20)22;1-2-27-21(26)25-17-7-8-18(25)14-19(13-17)23-9-11-24(12-10-23)20-6-4-3-5-16(20)15-22;1-15-13-17(20)18(14-19(15)25(2,23)24)22-11-9-21(10-12-22)16-7-5-3-4-6-8-16/h3,6,11,16-18H,2,4-5,7-10,12-13H2,1H3;3-5,16-18H,2,6-13H2,1H3;3-6,17-19H,2,7-14H2,1H3;13-14,16H,3-12H2,1-2H3. The molecule has 1 saturated carbocycles. The van der Waals surface area contributed by atoms with Crippen molar-refractivity contribution in [2.75, 3.05) is 150 Å². The molecule has 0 radical (unpaired) electrons. The second-order valence-corrected chi connectivity index (χ2v) is 33.5. The van der Waals surface area contributed by atoms with E-state index in [1.165, 1.54) is 56.9 Å². The van der Waals surface area contributed by atoms with Gasteiger partial charge in [-0.05, 0) is 178 Å². The number of amides is 3. The van der Waals surface area contributed by atoms with Crippen LogP contribution in [0, 0.1) is 52.6 Å². The van der Waals surface area contributed by atoms with Crippen LogP contribution in [0.5, 0.6) is 0 Å². The van der Waals surface area contributed by atoms with Gasteiger partial charge in [-0.3, -0.25) is 19.6 Å². The van der Waals surface area contributed by atoms with Crippen LogP contribution in [0.3, 0.4) is 0 Å². The van der Waals surface area contributed by atoms with Crippen LogP contribution in [-0.2, 0) is 24.0 Å². The largest absolute Gasteiger partial charge is 0.450 e. The number of rotatable bonds is 12. The summed E-state index contributed by atoms with van der Waals surface area (Å²) in [5.74, 6) is -0.651. The molecule has 10 saturated heterocycles. The maximum atomic E-state index is 14.3. The Morgan fingerprint density at radius 1 is 0.435 bits per heavy atom. The highest BCUT2D eigenvalue weighted by molar-refractivity contribution is 7.90. The number of aryl methyl sites for hydroxylation is 1. The summed E-state index contributed by atoms with van der Waals surface area (Å²) < 4.78 is 68.4. The molecule has 3 amide bonds. The Balaban J connectivity index is 0.000000135. The van der Waals surface area contributed by atoms with E-state index in [0.717, 1.165) is 192 Å². The number of anilines is 4. The van der Waals surface area contributed by atoms with Crippen LogP contribution in [0.1, 0.15) is 159 Å². The molecular formula is C82H111ClF2N14O8S. The van der Waals surface area contributed by atoms with E-state index in [2.05, 4.69) is 46.4 Å². The van der Waals surface area contributed by atoms with Crippen LogP contribution in [0.4, 0.5) is 45.9 Å². The van der Waals surface area contributed by atoms with Crippen LogP contribution in [0.25, 0.3) is 0 Å². The van der Waals surface area contributed by atoms with Crippen LogP contribution in [-0.4, -0.2) is 252 Å².